The summed E-state index contributed by atoms with van der Waals surface area (Å²) in [6.45, 7) is 3.66. The van der Waals surface area contributed by atoms with Crippen LogP contribution in [-0.2, 0) is 16.1 Å². The lowest BCUT2D eigenvalue weighted by molar-refractivity contribution is -0.136. The summed E-state index contributed by atoms with van der Waals surface area (Å²) < 4.78 is 6.30. The number of thiophene rings is 1. The normalized spacial score (nSPS) is 14.9. The van der Waals surface area contributed by atoms with E-state index in [2.05, 4.69) is 17.0 Å². The number of rotatable bonds is 5. The molecule has 1 aromatic heterocycles. The second kappa shape index (κ2) is 8.54. The van der Waals surface area contributed by atoms with E-state index in [0.29, 0.717) is 18.0 Å². The zero-order valence-corrected chi connectivity index (χ0v) is 16.4. The molecular formula is C22H22N2O3S. The average Bonchev–Trinajstić information content (AvgIpc) is 3.17. The van der Waals surface area contributed by atoms with Crippen LogP contribution in [0.1, 0.15) is 15.2 Å². The van der Waals surface area contributed by atoms with Crippen molar-refractivity contribution < 1.29 is 14.3 Å². The zero-order valence-electron chi connectivity index (χ0n) is 15.5. The minimum atomic E-state index is -0.433. The lowest BCUT2D eigenvalue weighted by Crippen LogP contribution is -2.49. The Bertz CT molecular complexity index is 929. The molecule has 3 aromatic rings. The third-order valence-electron chi connectivity index (χ3n) is 4.93. The number of piperazine rings is 1. The zero-order chi connectivity index (χ0) is 19.3. The Morgan fingerprint density at radius 3 is 2.39 bits per heavy atom. The first kappa shape index (κ1) is 18.7. The Morgan fingerprint density at radius 2 is 1.64 bits per heavy atom. The predicted molar refractivity (Wildman–Crippen MR) is 110 cm³/mol. The Balaban J connectivity index is 1.25. The summed E-state index contributed by atoms with van der Waals surface area (Å²) in [5, 5.41) is 1.01. The molecule has 0 spiro atoms. The van der Waals surface area contributed by atoms with E-state index in [9.17, 15) is 9.59 Å². The van der Waals surface area contributed by atoms with E-state index in [1.165, 1.54) is 16.9 Å². The van der Waals surface area contributed by atoms with Gasteiger partial charge < -0.3 is 9.64 Å². The van der Waals surface area contributed by atoms with Gasteiger partial charge in [0.05, 0.1) is 0 Å². The van der Waals surface area contributed by atoms with Crippen LogP contribution in [0.15, 0.2) is 60.7 Å². The molecule has 1 fully saturated rings. The second-order valence-electron chi connectivity index (χ2n) is 6.87. The van der Waals surface area contributed by atoms with Gasteiger partial charge >= 0.3 is 5.97 Å². The van der Waals surface area contributed by atoms with Crippen LogP contribution in [0.5, 0.6) is 0 Å². The third-order valence-corrected chi connectivity index (χ3v) is 6.02. The van der Waals surface area contributed by atoms with Crippen molar-refractivity contribution in [3.05, 3.63) is 71.1 Å². The highest BCUT2D eigenvalue weighted by atomic mass is 32.1. The van der Waals surface area contributed by atoms with Gasteiger partial charge in [-0.05, 0) is 23.1 Å². The molecule has 2 heterocycles. The number of hydrogen-bond donors (Lipinski definition) is 0. The Hall–Kier alpha value is -2.70. The van der Waals surface area contributed by atoms with Crippen LogP contribution in [0, 0.1) is 0 Å². The van der Waals surface area contributed by atoms with Crippen molar-refractivity contribution in [2.45, 2.75) is 6.54 Å². The van der Waals surface area contributed by atoms with Crippen LogP contribution in [0.2, 0.25) is 0 Å². The summed E-state index contributed by atoms with van der Waals surface area (Å²) in [6.07, 6.45) is 0. The van der Waals surface area contributed by atoms with Gasteiger partial charge in [-0.3, -0.25) is 9.69 Å². The number of fused-ring (bicyclic) bond motifs is 1. The van der Waals surface area contributed by atoms with E-state index in [0.717, 1.165) is 29.7 Å². The largest absolute Gasteiger partial charge is 0.451 e. The predicted octanol–water partition coefficient (Wildman–Crippen LogP) is 3.40. The highest BCUT2D eigenvalue weighted by Gasteiger charge is 2.22. The standard InChI is InChI=1S/C22H22N2O3S/c25-21(16-27-22(26)20-14-18-8-4-5-9-19(18)28-20)24-12-10-23(11-13-24)15-17-6-2-1-3-7-17/h1-9,14H,10-13,15-16H2. The van der Waals surface area contributed by atoms with Crippen LogP contribution < -0.4 is 0 Å². The summed E-state index contributed by atoms with van der Waals surface area (Å²) in [6, 6.07) is 19.9. The van der Waals surface area contributed by atoms with Crippen LogP contribution in [0.3, 0.4) is 0 Å². The molecule has 0 saturated carbocycles. The molecule has 144 valence electrons. The highest BCUT2D eigenvalue weighted by molar-refractivity contribution is 7.20. The Kier molecular flexibility index (Phi) is 5.69. The average molecular weight is 394 g/mol. The molecule has 0 radical (unpaired) electrons. The summed E-state index contributed by atoms with van der Waals surface area (Å²) in [7, 11) is 0. The van der Waals surface area contributed by atoms with E-state index in [1.54, 1.807) is 4.90 Å². The molecule has 0 bridgehead atoms. The van der Waals surface area contributed by atoms with Crippen LogP contribution in [-0.4, -0.2) is 54.5 Å². The second-order valence-corrected chi connectivity index (χ2v) is 7.95. The van der Waals surface area contributed by atoms with Crippen LogP contribution in [0.4, 0.5) is 0 Å². The van der Waals surface area contributed by atoms with Gasteiger partial charge in [-0.25, -0.2) is 4.79 Å². The molecule has 0 N–H and O–H groups in total. The molecular weight excluding hydrogens is 372 g/mol. The van der Waals surface area contributed by atoms with Crippen molar-refractivity contribution in [2.75, 3.05) is 32.8 Å². The maximum Gasteiger partial charge on any atom is 0.348 e. The maximum absolute atomic E-state index is 12.4. The topological polar surface area (TPSA) is 49.9 Å². The molecule has 6 heteroatoms. The number of hydrogen-bond acceptors (Lipinski definition) is 5. The van der Waals surface area contributed by atoms with Gasteiger partial charge in [0.25, 0.3) is 5.91 Å². The van der Waals surface area contributed by atoms with Crippen molar-refractivity contribution in [3.8, 4) is 0 Å². The quantitative estimate of drug-likeness (QED) is 0.623. The maximum atomic E-state index is 12.4. The smallest absolute Gasteiger partial charge is 0.348 e. The fourth-order valence-electron chi connectivity index (χ4n) is 3.37. The van der Waals surface area contributed by atoms with Crippen molar-refractivity contribution in [3.63, 3.8) is 0 Å². The van der Waals surface area contributed by atoms with E-state index in [1.807, 2.05) is 48.5 Å². The van der Waals surface area contributed by atoms with Crippen molar-refractivity contribution in [1.82, 2.24) is 9.80 Å². The van der Waals surface area contributed by atoms with Crippen LogP contribution in [0.25, 0.3) is 10.1 Å². The van der Waals surface area contributed by atoms with Gasteiger partial charge in [0, 0.05) is 37.4 Å². The summed E-state index contributed by atoms with van der Waals surface area (Å²) in [4.78, 5) is 29.3. The molecule has 5 nitrogen and oxygen atoms in total. The molecule has 0 atom stereocenters. The highest BCUT2D eigenvalue weighted by Crippen LogP contribution is 2.25. The molecule has 1 aliphatic rings. The van der Waals surface area contributed by atoms with Gasteiger partial charge in [0.2, 0.25) is 0 Å². The monoisotopic (exact) mass is 394 g/mol. The van der Waals surface area contributed by atoms with E-state index in [4.69, 9.17) is 4.74 Å². The molecule has 2 aromatic carbocycles. The first-order chi connectivity index (χ1) is 13.7. The lowest BCUT2D eigenvalue weighted by atomic mass is 10.2. The number of carbonyl (C=O) groups excluding carboxylic acids is 2. The minimum absolute atomic E-state index is 0.131. The number of amides is 1. The SMILES string of the molecule is O=C(OCC(=O)N1CCN(Cc2ccccc2)CC1)c1cc2ccccc2s1. The first-order valence-electron chi connectivity index (χ1n) is 9.39. The summed E-state index contributed by atoms with van der Waals surface area (Å²) >= 11 is 1.39. The minimum Gasteiger partial charge on any atom is -0.451 e. The van der Waals surface area contributed by atoms with Gasteiger partial charge in [-0.1, -0.05) is 48.5 Å². The number of nitrogens with zero attached hydrogens (tertiary/aromatic N) is 2. The molecule has 0 unspecified atom stereocenters. The number of carbonyl (C=O) groups is 2. The molecule has 28 heavy (non-hydrogen) atoms. The third kappa shape index (κ3) is 4.40. The fourth-order valence-corrected chi connectivity index (χ4v) is 4.33. The molecule has 1 aliphatic heterocycles. The first-order valence-corrected chi connectivity index (χ1v) is 10.2. The van der Waals surface area contributed by atoms with Gasteiger partial charge in [-0.2, -0.15) is 0 Å². The van der Waals surface area contributed by atoms with E-state index < -0.39 is 5.97 Å². The molecule has 4 rings (SSSR count). The van der Waals surface area contributed by atoms with E-state index in [-0.39, 0.29) is 12.5 Å². The molecule has 1 amide bonds. The Morgan fingerprint density at radius 1 is 0.929 bits per heavy atom. The molecule has 0 aliphatic carbocycles. The number of benzene rings is 2. The van der Waals surface area contributed by atoms with Crippen molar-refractivity contribution in [1.29, 1.82) is 0 Å². The van der Waals surface area contributed by atoms with Gasteiger partial charge in [0.15, 0.2) is 6.61 Å². The summed E-state index contributed by atoms with van der Waals surface area (Å²) in [5.41, 5.74) is 1.28. The van der Waals surface area contributed by atoms with Crippen molar-refractivity contribution in [2.24, 2.45) is 0 Å². The van der Waals surface area contributed by atoms with E-state index >= 15 is 0 Å². The fraction of sp³-hybridized carbons (Fsp3) is 0.273. The summed E-state index contributed by atoms with van der Waals surface area (Å²) in [5.74, 6) is -0.564. The van der Waals surface area contributed by atoms with Gasteiger partial charge in [-0.15, -0.1) is 11.3 Å². The number of ether oxygens (including phenoxy) is 1. The lowest BCUT2D eigenvalue weighted by Gasteiger charge is -2.34. The molecule has 1 saturated heterocycles. The van der Waals surface area contributed by atoms with Crippen LogP contribution >= 0.6 is 11.3 Å². The van der Waals surface area contributed by atoms with Gasteiger partial charge in [0.1, 0.15) is 4.88 Å². The van der Waals surface area contributed by atoms with Crippen molar-refractivity contribution >= 4 is 33.3 Å². The Labute approximate surface area is 168 Å². The number of esters is 1.